The minimum atomic E-state index is -1.42. The van der Waals surface area contributed by atoms with E-state index in [1.54, 1.807) is 0 Å². The van der Waals surface area contributed by atoms with Gasteiger partial charge in [0.05, 0.1) is 0 Å². The van der Waals surface area contributed by atoms with Gasteiger partial charge in [-0.15, -0.1) is 0 Å². The molecule has 0 aromatic heterocycles. The summed E-state index contributed by atoms with van der Waals surface area (Å²) in [5.74, 6) is 0.841. The Morgan fingerprint density at radius 3 is 2.10 bits per heavy atom. The fourth-order valence-corrected chi connectivity index (χ4v) is 6.00. The molecule has 1 heterocycles. The summed E-state index contributed by atoms with van der Waals surface area (Å²) in [5, 5.41) is 15.1. The SMILES string of the molecule is O=C(N[C@H]1C2CN(Cc3ccccc3)C[C@@H]21)C(O)(c1ccccc1)C1CCCCCC1. The van der Waals surface area contributed by atoms with Crippen molar-refractivity contribution in [2.75, 3.05) is 13.1 Å². The number of amides is 1. The van der Waals surface area contributed by atoms with Crippen molar-refractivity contribution in [1.82, 2.24) is 10.2 Å². The Balaban J connectivity index is 1.25. The van der Waals surface area contributed by atoms with Crippen molar-refractivity contribution in [3.8, 4) is 0 Å². The maximum Gasteiger partial charge on any atom is 0.257 e. The molecule has 0 spiro atoms. The molecular weight excluding hydrogens is 384 g/mol. The lowest BCUT2D eigenvalue weighted by Gasteiger charge is -2.35. The zero-order valence-electron chi connectivity index (χ0n) is 18.2. The van der Waals surface area contributed by atoms with Crippen LogP contribution in [0.3, 0.4) is 0 Å². The lowest BCUT2D eigenvalue weighted by molar-refractivity contribution is -0.148. The van der Waals surface area contributed by atoms with Crippen LogP contribution in [0.5, 0.6) is 0 Å². The van der Waals surface area contributed by atoms with Gasteiger partial charge in [-0.3, -0.25) is 9.69 Å². The number of fused-ring (bicyclic) bond motifs is 1. The van der Waals surface area contributed by atoms with Gasteiger partial charge in [0.25, 0.3) is 5.91 Å². The van der Waals surface area contributed by atoms with Crippen molar-refractivity contribution in [2.45, 2.75) is 56.7 Å². The molecule has 1 aliphatic heterocycles. The Kier molecular flexibility index (Phi) is 5.85. The van der Waals surface area contributed by atoms with Crippen LogP contribution in [0.2, 0.25) is 0 Å². The first kappa shape index (κ1) is 20.7. The zero-order chi connectivity index (χ0) is 21.3. The number of aliphatic hydroxyl groups is 1. The zero-order valence-corrected chi connectivity index (χ0v) is 18.2. The minimum Gasteiger partial charge on any atom is -0.375 e. The van der Waals surface area contributed by atoms with Gasteiger partial charge in [0.2, 0.25) is 0 Å². The van der Waals surface area contributed by atoms with E-state index < -0.39 is 5.60 Å². The van der Waals surface area contributed by atoms with E-state index in [1.807, 2.05) is 30.3 Å². The molecule has 3 aliphatic rings. The fraction of sp³-hybridized carbons (Fsp3) is 0.519. The number of hydrogen-bond donors (Lipinski definition) is 2. The molecule has 2 aliphatic carbocycles. The molecule has 4 nitrogen and oxygen atoms in total. The molecule has 3 fully saturated rings. The third kappa shape index (κ3) is 4.16. The highest BCUT2D eigenvalue weighted by molar-refractivity contribution is 5.87. The first-order valence-corrected chi connectivity index (χ1v) is 12.0. The van der Waals surface area contributed by atoms with E-state index in [4.69, 9.17) is 0 Å². The van der Waals surface area contributed by atoms with E-state index in [0.717, 1.165) is 50.9 Å². The molecule has 2 aromatic rings. The molecule has 2 aromatic carbocycles. The standard InChI is InChI=1S/C27H34N2O2/c30-26(27(31,22-15-9-4-10-16-22)21-13-7-1-2-8-14-21)28-25-23-18-29(19-24(23)25)17-20-11-5-3-6-12-20/h3-6,9-12,15-16,21,23-25,31H,1-2,7-8,13-14,17-19H2,(H,28,30)/t23-,24?,25+,27?/m0/s1. The normalized spacial score (nSPS) is 28.4. The summed E-state index contributed by atoms with van der Waals surface area (Å²) < 4.78 is 0. The van der Waals surface area contributed by atoms with Gasteiger partial charge in [-0.1, -0.05) is 86.3 Å². The number of likely N-dealkylation sites (tertiary alicyclic amines) is 1. The van der Waals surface area contributed by atoms with Gasteiger partial charge in [-0.2, -0.15) is 0 Å². The van der Waals surface area contributed by atoms with Crippen LogP contribution in [0.4, 0.5) is 0 Å². The number of carbonyl (C=O) groups is 1. The highest BCUT2D eigenvalue weighted by Crippen LogP contribution is 2.47. The second-order valence-electron chi connectivity index (χ2n) is 9.83. The number of rotatable bonds is 6. The molecule has 0 radical (unpaired) electrons. The van der Waals surface area contributed by atoms with Crippen molar-refractivity contribution in [3.05, 3.63) is 71.8 Å². The van der Waals surface area contributed by atoms with Crippen molar-refractivity contribution < 1.29 is 9.90 Å². The molecule has 0 bridgehead atoms. The number of hydrogen-bond acceptors (Lipinski definition) is 3. The Labute approximate surface area is 185 Å². The molecule has 2 unspecified atom stereocenters. The predicted octanol–water partition coefficient (Wildman–Crippen LogP) is 4.09. The van der Waals surface area contributed by atoms with Gasteiger partial charge in [-0.05, 0) is 35.8 Å². The summed E-state index contributed by atoms with van der Waals surface area (Å²) in [6.45, 7) is 3.03. The van der Waals surface area contributed by atoms with Crippen LogP contribution in [0.15, 0.2) is 60.7 Å². The summed E-state index contributed by atoms with van der Waals surface area (Å²) in [4.78, 5) is 16.0. The second-order valence-corrected chi connectivity index (χ2v) is 9.83. The van der Waals surface area contributed by atoms with E-state index >= 15 is 0 Å². The third-order valence-electron chi connectivity index (χ3n) is 7.82. The van der Waals surface area contributed by atoms with Crippen LogP contribution in [-0.4, -0.2) is 35.0 Å². The van der Waals surface area contributed by atoms with Crippen LogP contribution >= 0.6 is 0 Å². The average Bonchev–Trinajstić information content (AvgIpc) is 3.38. The summed E-state index contributed by atoms with van der Waals surface area (Å²) in [5.41, 5.74) is 0.666. The van der Waals surface area contributed by atoms with Crippen LogP contribution in [-0.2, 0) is 16.9 Å². The Bertz CT molecular complexity index is 867. The number of nitrogens with zero attached hydrogens (tertiary/aromatic N) is 1. The van der Waals surface area contributed by atoms with Gasteiger partial charge in [0.1, 0.15) is 0 Å². The minimum absolute atomic E-state index is 0.00873. The molecule has 5 rings (SSSR count). The number of piperidine rings is 1. The van der Waals surface area contributed by atoms with E-state index in [1.165, 1.54) is 18.4 Å². The van der Waals surface area contributed by atoms with E-state index in [9.17, 15) is 9.90 Å². The van der Waals surface area contributed by atoms with Gasteiger partial charge in [0.15, 0.2) is 5.60 Å². The molecule has 4 atom stereocenters. The first-order valence-electron chi connectivity index (χ1n) is 12.0. The summed E-state index contributed by atoms with van der Waals surface area (Å²) >= 11 is 0. The molecular formula is C27H34N2O2. The molecule has 31 heavy (non-hydrogen) atoms. The maximum atomic E-state index is 13.6. The first-order chi connectivity index (χ1) is 15.2. The number of benzene rings is 2. The van der Waals surface area contributed by atoms with Crippen LogP contribution in [0, 0.1) is 17.8 Å². The molecule has 164 valence electrons. The van der Waals surface area contributed by atoms with E-state index in [0.29, 0.717) is 11.8 Å². The summed E-state index contributed by atoms with van der Waals surface area (Å²) in [6.07, 6.45) is 6.43. The Hall–Kier alpha value is -2.17. The van der Waals surface area contributed by atoms with Crippen molar-refractivity contribution in [1.29, 1.82) is 0 Å². The largest absolute Gasteiger partial charge is 0.375 e. The van der Waals surface area contributed by atoms with Crippen molar-refractivity contribution >= 4 is 5.91 Å². The molecule has 1 saturated heterocycles. The maximum absolute atomic E-state index is 13.6. The van der Waals surface area contributed by atoms with Crippen molar-refractivity contribution in [2.24, 2.45) is 17.8 Å². The van der Waals surface area contributed by atoms with Gasteiger partial charge in [0, 0.05) is 31.6 Å². The molecule has 4 heteroatoms. The molecule has 1 amide bonds. The topological polar surface area (TPSA) is 52.6 Å². The van der Waals surface area contributed by atoms with Crippen molar-refractivity contribution in [3.63, 3.8) is 0 Å². The van der Waals surface area contributed by atoms with Gasteiger partial charge in [-0.25, -0.2) is 0 Å². The molecule has 2 saturated carbocycles. The van der Waals surface area contributed by atoms with Crippen LogP contribution in [0.25, 0.3) is 0 Å². The second kappa shape index (κ2) is 8.76. The monoisotopic (exact) mass is 418 g/mol. The highest BCUT2D eigenvalue weighted by Gasteiger charge is 2.58. The number of nitrogens with one attached hydrogen (secondary N) is 1. The lowest BCUT2D eigenvalue weighted by Crippen LogP contribution is -2.51. The van der Waals surface area contributed by atoms with Gasteiger partial charge >= 0.3 is 0 Å². The lowest BCUT2D eigenvalue weighted by atomic mass is 9.76. The fourth-order valence-electron chi connectivity index (χ4n) is 6.00. The smallest absolute Gasteiger partial charge is 0.257 e. The third-order valence-corrected chi connectivity index (χ3v) is 7.82. The Morgan fingerprint density at radius 1 is 0.903 bits per heavy atom. The predicted molar refractivity (Wildman–Crippen MR) is 122 cm³/mol. The number of carbonyl (C=O) groups excluding carboxylic acids is 1. The summed E-state index contributed by atoms with van der Waals surface area (Å²) in [7, 11) is 0. The van der Waals surface area contributed by atoms with E-state index in [2.05, 4.69) is 40.5 Å². The summed E-state index contributed by atoms with van der Waals surface area (Å²) in [6, 6.07) is 20.4. The van der Waals surface area contributed by atoms with Gasteiger partial charge < -0.3 is 10.4 Å². The quantitative estimate of drug-likeness (QED) is 0.695. The highest BCUT2D eigenvalue weighted by atomic mass is 16.3. The van der Waals surface area contributed by atoms with E-state index in [-0.39, 0.29) is 17.9 Å². The average molecular weight is 419 g/mol. The van der Waals surface area contributed by atoms with Crippen LogP contribution in [0.1, 0.15) is 49.7 Å². The Morgan fingerprint density at radius 2 is 1.48 bits per heavy atom. The molecule has 2 N–H and O–H groups in total. The van der Waals surface area contributed by atoms with Crippen LogP contribution < -0.4 is 5.32 Å².